The van der Waals surface area contributed by atoms with E-state index in [-0.39, 0.29) is 0 Å². The van der Waals surface area contributed by atoms with Crippen LogP contribution < -0.4 is 5.73 Å². The lowest BCUT2D eigenvalue weighted by atomic mass is 10.0. The van der Waals surface area contributed by atoms with Crippen molar-refractivity contribution in [1.82, 2.24) is 0 Å². The van der Waals surface area contributed by atoms with Gasteiger partial charge in [-0.3, -0.25) is 0 Å². The Morgan fingerprint density at radius 3 is 2.85 bits per heavy atom. The Morgan fingerprint density at radius 1 is 1.54 bits per heavy atom. The first-order valence-electron chi connectivity index (χ1n) is 4.65. The molecule has 3 heteroatoms. The van der Waals surface area contributed by atoms with Crippen LogP contribution in [-0.4, -0.2) is 11.7 Å². The first-order valence-corrected chi connectivity index (χ1v) is 4.65. The molecule has 74 valence electrons. The molecule has 1 heterocycles. The Hall–Kier alpha value is -0.800. The molecule has 0 saturated carbocycles. The fourth-order valence-electron chi connectivity index (χ4n) is 1.18. The van der Waals surface area contributed by atoms with Crippen molar-refractivity contribution in [3.8, 4) is 0 Å². The fraction of sp³-hybridized carbons (Fsp3) is 0.600. The maximum Gasteiger partial charge on any atom is 0.132 e. The molecular formula is C10H17NO2. The van der Waals surface area contributed by atoms with E-state index < -0.39 is 6.10 Å². The molecule has 13 heavy (non-hydrogen) atoms. The summed E-state index contributed by atoms with van der Waals surface area (Å²) in [6.07, 6.45) is 2.74. The number of hydrogen-bond acceptors (Lipinski definition) is 3. The summed E-state index contributed by atoms with van der Waals surface area (Å²) in [6, 6.07) is 3.57. The number of rotatable bonds is 5. The standard InChI is InChI=1S/C10H17NO2/c1-8(7-11)4-5-9(12)10-3-2-6-13-10/h2-3,6,8-9,12H,4-5,7,11H2,1H3. The topological polar surface area (TPSA) is 59.4 Å². The third-order valence-electron chi connectivity index (χ3n) is 2.21. The van der Waals surface area contributed by atoms with Crippen molar-refractivity contribution in [2.75, 3.05) is 6.54 Å². The van der Waals surface area contributed by atoms with Crippen LogP contribution in [0.3, 0.4) is 0 Å². The third-order valence-corrected chi connectivity index (χ3v) is 2.21. The van der Waals surface area contributed by atoms with Gasteiger partial charge in [0.15, 0.2) is 0 Å². The maximum atomic E-state index is 9.62. The van der Waals surface area contributed by atoms with Crippen molar-refractivity contribution in [1.29, 1.82) is 0 Å². The van der Waals surface area contributed by atoms with Gasteiger partial charge in [0.25, 0.3) is 0 Å². The minimum absolute atomic E-state index is 0.463. The molecule has 3 N–H and O–H groups in total. The molecule has 0 aliphatic heterocycles. The summed E-state index contributed by atoms with van der Waals surface area (Å²) in [5.41, 5.74) is 5.47. The highest BCUT2D eigenvalue weighted by molar-refractivity contribution is 5.01. The molecular weight excluding hydrogens is 166 g/mol. The summed E-state index contributed by atoms with van der Waals surface area (Å²) < 4.78 is 5.08. The average Bonchev–Trinajstić information content (AvgIpc) is 2.66. The molecule has 0 bridgehead atoms. The Kier molecular flexibility index (Phi) is 3.99. The smallest absolute Gasteiger partial charge is 0.132 e. The van der Waals surface area contributed by atoms with Crippen LogP contribution in [0.2, 0.25) is 0 Å². The van der Waals surface area contributed by atoms with Crippen molar-refractivity contribution >= 4 is 0 Å². The summed E-state index contributed by atoms with van der Waals surface area (Å²) >= 11 is 0. The van der Waals surface area contributed by atoms with Crippen molar-refractivity contribution < 1.29 is 9.52 Å². The summed E-state index contributed by atoms with van der Waals surface area (Å²) in [5, 5.41) is 9.62. The minimum atomic E-state index is -0.482. The Balaban J connectivity index is 2.30. The normalized spacial score (nSPS) is 15.6. The third kappa shape index (κ3) is 3.20. The Morgan fingerprint density at radius 2 is 2.31 bits per heavy atom. The predicted molar refractivity (Wildman–Crippen MR) is 51.1 cm³/mol. The van der Waals surface area contributed by atoms with Crippen LogP contribution in [0.5, 0.6) is 0 Å². The molecule has 0 aliphatic rings. The summed E-state index contributed by atoms with van der Waals surface area (Å²) in [7, 11) is 0. The molecule has 1 aromatic heterocycles. The second-order valence-corrected chi connectivity index (χ2v) is 3.45. The van der Waals surface area contributed by atoms with E-state index in [1.54, 1.807) is 18.4 Å². The van der Waals surface area contributed by atoms with E-state index >= 15 is 0 Å². The van der Waals surface area contributed by atoms with E-state index in [0.717, 1.165) is 6.42 Å². The second kappa shape index (κ2) is 5.04. The van der Waals surface area contributed by atoms with E-state index in [1.165, 1.54) is 0 Å². The van der Waals surface area contributed by atoms with Crippen LogP contribution in [0.15, 0.2) is 22.8 Å². The van der Waals surface area contributed by atoms with Crippen molar-refractivity contribution in [3.05, 3.63) is 24.2 Å². The first-order chi connectivity index (χ1) is 6.24. The van der Waals surface area contributed by atoms with Gasteiger partial charge in [-0.05, 0) is 37.4 Å². The predicted octanol–water partition coefficient (Wildman–Crippen LogP) is 1.69. The summed E-state index contributed by atoms with van der Waals surface area (Å²) in [5.74, 6) is 1.11. The van der Waals surface area contributed by atoms with Gasteiger partial charge >= 0.3 is 0 Å². The van der Waals surface area contributed by atoms with E-state index in [4.69, 9.17) is 10.2 Å². The Labute approximate surface area is 78.5 Å². The maximum absolute atomic E-state index is 9.62. The second-order valence-electron chi connectivity index (χ2n) is 3.45. The van der Waals surface area contributed by atoms with E-state index in [2.05, 4.69) is 6.92 Å². The van der Waals surface area contributed by atoms with Gasteiger partial charge in [0.2, 0.25) is 0 Å². The van der Waals surface area contributed by atoms with Gasteiger partial charge in [-0.15, -0.1) is 0 Å². The molecule has 2 unspecified atom stereocenters. The van der Waals surface area contributed by atoms with Gasteiger partial charge in [-0.25, -0.2) is 0 Å². The fourth-order valence-corrected chi connectivity index (χ4v) is 1.18. The van der Waals surface area contributed by atoms with E-state index in [0.29, 0.717) is 24.6 Å². The number of aliphatic hydroxyl groups is 1. The van der Waals surface area contributed by atoms with Crippen LogP contribution in [0.25, 0.3) is 0 Å². The molecule has 1 rings (SSSR count). The average molecular weight is 183 g/mol. The summed E-state index contributed by atoms with van der Waals surface area (Å²) in [6.45, 7) is 2.75. The first kappa shape index (κ1) is 10.3. The molecule has 0 spiro atoms. The molecule has 0 radical (unpaired) electrons. The Bertz CT molecular complexity index is 221. The lowest BCUT2D eigenvalue weighted by Gasteiger charge is -2.11. The van der Waals surface area contributed by atoms with Crippen molar-refractivity contribution in [2.24, 2.45) is 11.7 Å². The zero-order chi connectivity index (χ0) is 9.68. The van der Waals surface area contributed by atoms with Gasteiger partial charge in [-0.1, -0.05) is 6.92 Å². The van der Waals surface area contributed by atoms with Crippen LogP contribution >= 0.6 is 0 Å². The van der Waals surface area contributed by atoms with Crippen LogP contribution in [0.4, 0.5) is 0 Å². The lowest BCUT2D eigenvalue weighted by molar-refractivity contribution is 0.132. The molecule has 0 aliphatic carbocycles. The monoisotopic (exact) mass is 183 g/mol. The lowest BCUT2D eigenvalue weighted by Crippen LogP contribution is -2.11. The van der Waals surface area contributed by atoms with Crippen LogP contribution in [0, 0.1) is 5.92 Å². The molecule has 0 fully saturated rings. The van der Waals surface area contributed by atoms with Crippen molar-refractivity contribution in [3.63, 3.8) is 0 Å². The molecule has 0 saturated heterocycles. The van der Waals surface area contributed by atoms with Gasteiger partial charge in [-0.2, -0.15) is 0 Å². The SMILES string of the molecule is CC(CN)CCC(O)c1ccco1. The van der Waals surface area contributed by atoms with E-state index in [9.17, 15) is 5.11 Å². The van der Waals surface area contributed by atoms with E-state index in [1.807, 2.05) is 0 Å². The molecule has 2 atom stereocenters. The van der Waals surface area contributed by atoms with Crippen LogP contribution in [-0.2, 0) is 0 Å². The summed E-state index contributed by atoms with van der Waals surface area (Å²) in [4.78, 5) is 0. The van der Waals surface area contributed by atoms with Gasteiger partial charge in [0, 0.05) is 0 Å². The van der Waals surface area contributed by atoms with Crippen LogP contribution in [0.1, 0.15) is 31.6 Å². The largest absolute Gasteiger partial charge is 0.467 e. The highest BCUT2D eigenvalue weighted by atomic mass is 16.4. The zero-order valence-electron chi connectivity index (χ0n) is 7.94. The number of aliphatic hydroxyl groups excluding tert-OH is 1. The molecule has 0 amide bonds. The number of nitrogens with two attached hydrogens (primary N) is 1. The number of furan rings is 1. The van der Waals surface area contributed by atoms with Gasteiger partial charge in [0.1, 0.15) is 11.9 Å². The minimum Gasteiger partial charge on any atom is -0.467 e. The van der Waals surface area contributed by atoms with Gasteiger partial charge in [0.05, 0.1) is 6.26 Å². The number of hydrogen-bond donors (Lipinski definition) is 2. The zero-order valence-corrected chi connectivity index (χ0v) is 7.94. The van der Waals surface area contributed by atoms with Crippen molar-refractivity contribution in [2.45, 2.75) is 25.9 Å². The quantitative estimate of drug-likeness (QED) is 0.730. The molecule has 3 nitrogen and oxygen atoms in total. The highest BCUT2D eigenvalue weighted by Crippen LogP contribution is 2.20. The molecule has 0 aromatic carbocycles. The van der Waals surface area contributed by atoms with Gasteiger partial charge < -0.3 is 15.3 Å². The highest BCUT2D eigenvalue weighted by Gasteiger charge is 2.11. The molecule has 1 aromatic rings.